The Labute approximate surface area is 90.5 Å². The van der Waals surface area contributed by atoms with Crippen molar-refractivity contribution in [3.63, 3.8) is 0 Å². The molecule has 0 spiro atoms. The number of esters is 2. The van der Waals surface area contributed by atoms with E-state index >= 15 is 0 Å². The molecule has 0 N–H and O–H groups in total. The molecule has 3 nitrogen and oxygen atoms in total. The quantitative estimate of drug-likeness (QED) is 0.296. The summed E-state index contributed by atoms with van der Waals surface area (Å²) in [6.45, 7) is 6.67. The molecule has 0 amide bonds. The molecule has 1 heterocycles. The molecule has 0 unspecified atom stereocenters. The molecule has 1 fully saturated rings. The van der Waals surface area contributed by atoms with Gasteiger partial charge in [0.05, 0.1) is 19.9 Å². The fourth-order valence-electron chi connectivity index (χ4n) is 2.51. The summed E-state index contributed by atoms with van der Waals surface area (Å²) in [6.07, 6.45) is 4.81. The van der Waals surface area contributed by atoms with Gasteiger partial charge in [0.1, 0.15) is 0 Å². The fourth-order valence-corrected chi connectivity index (χ4v) is 4.67. The number of cyclic esters (lactones) is 2. The molecule has 0 radical (unpaired) electrons. The Bertz CT molecular complexity index is 340. The van der Waals surface area contributed by atoms with Crippen LogP contribution in [0.25, 0.3) is 0 Å². The third-order valence-corrected chi connectivity index (χ3v) is 5.88. The Morgan fingerprint density at radius 3 is 2.53 bits per heavy atom. The molecule has 15 heavy (non-hydrogen) atoms. The zero-order valence-corrected chi connectivity index (χ0v) is 10.3. The highest BCUT2D eigenvalue weighted by Crippen LogP contribution is 2.44. The van der Waals surface area contributed by atoms with E-state index in [-0.39, 0.29) is 29.3 Å². The van der Waals surface area contributed by atoms with E-state index in [1.807, 2.05) is 6.08 Å². The normalized spacial score (nSPS) is 35.3. The van der Waals surface area contributed by atoms with Gasteiger partial charge in [0.2, 0.25) is 0 Å². The SMILES string of the molecule is C[Si](C)(C)[C@H]1C=CC[C@H]2C(=O)OC(=O)[C@H]21. The summed E-state index contributed by atoms with van der Waals surface area (Å²) in [5, 5.41) is 0. The molecule has 2 rings (SSSR count). The summed E-state index contributed by atoms with van der Waals surface area (Å²) in [6, 6.07) is 0. The van der Waals surface area contributed by atoms with Gasteiger partial charge in [0, 0.05) is 0 Å². The van der Waals surface area contributed by atoms with Crippen molar-refractivity contribution in [2.45, 2.75) is 31.6 Å². The second-order valence-electron chi connectivity index (χ2n) is 5.43. The zero-order chi connectivity index (χ0) is 11.2. The van der Waals surface area contributed by atoms with Crippen molar-refractivity contribution in [2.75, 3.05) is 0 Å². The highest BCUT2D eigenvalue weighted by molar-refractivity contribution is 6.78. The van der Waals surface area contributed by atoms with Crippen LogP contribution >= 0.6 is 0 Å². The monoisotopic (exact) mass is 224 g/mol. The van der Waals surface area contributed by atoms with E-state index in [9.17, 15) is 9.59 Å². The van der Waals surface area contributed by atoms with E-state index in [2.05, 4.69) is 25.7 Å². The molecule has 0 saturated carbocycles. The van der Waals surface area contributed by atoms with Crippen molar-refractivity contribution in [1.82, 2.24) is 0 Å². The smallest absolute Gasteiger partial charge is 0.317 e. The van der Waals surface area contributed by atoms with Crippen LogP contribution < -0.4 is 0 Å². The Balaban J connectivity index is 2.35. The van der Waals surface area contributed by atoms with Crippen LogP contribution in [-0.4, -0.2) is 20.0 Å². The molecule has 0 aromatic carbocycles. The van der Waals surface area contributed by atoms with Crippen molar-refractivity contribution >= 4 is 20.0 Å². The second-order valence-corrected chi connectivity index (χ2v) is 10.8. The molecule has 1 aliphatic carbocycles. The van der Waals surface area contributed by atoms with Crippen LogP contribution in [0.3, 0.4) is 0 Å². The molecular weight excluding hydrogens is 208 g/mol. The van der Waals surface area contributed by atoms with Gasteiger partial charge in [0.15, 0.2) is 0 Å². The molecule has 82 valence electrons. The predicted molar refractivity (Wildman–Crippen MR) is 58.9 cm³/mol. The number of carbonyl (C=O) groups is 2. The minimum Gasteiger partial charge on any atom is -0.393 e. The average Bonchev–Trinajstić information content (AvgIpc) is 2.41. The number of rotatable bonds is 1. The highest BCUT2D eigenvalue weighted by Gasteiger charge is 2.51. The first-order valence-corrected chi connectivity index (χ1v) is 8.91. The molecule has 4 heteroatoms. The average molecular weight is 224 g/mol. The van der Waals surface area contributed by atoms with Gasteiger partial charge in [0.25, 0.3) is 0 Å². The topological polar surface area (TPSA) is 43.4 Å². The van der Waals surface area contributed by atoms with Gasteiger partial charge in [-0.3, -0.25) is 9.59 Å². The standard InChI is InChI=1S/C11H16O3Si/c1-15(2,3)8-6-4-5-7-9(8)11(13)14-10(7)12/h4,6-9H,5H2,1-3H3/t7-,8+,9-/m1/s1. The summed E-state index contributed by atoms with van der Waals surface area (Å²) >= 11 is 0. The van der Waals surface area contributed by atoms with Crippen molar-refractivity contribution in [3.8, 4) is 0 Å². The maximum Gasteiger partial charge on any atom is 0.317 e. The summed E-state index contributed by atoms with van der Waals surface area (Å²) < 4.78 is 4.74. The lowest BCUT2D eigenvalue weighted by Gasteiger charge is -2.33. The fraction of sp³-hybridized carbons (Fsp3) is 0.636. The second kappa shape index (κ2) is 3.30. The first kappa shape index (κ1) is 10.6. The van der Waals surface area contributed by atoms with Crippen LogP contribution in [0.2, 0.25) is 25.2 Å². The first-order valence-electron chi connectivity index (χ1n) is 5.33. The van der Waals surface area contributed by atoms with E-state index < -0.39 is 8.07 Å². The lowest BCUT2D eigenvalue weighted by Crippen LogP contribution is -2.38. The number of ether oxygens (including phenoxy) is 1. The van der Waals surface area contributed by atoms with Crippen LogP contribution in [0.4, 0.5) is 0 Å². The van der Waals surface area contributed by atoms with Crippen LogP contribution in [0, 0.1) is 11.8 Å². The van der Waals surface area contributed by atoms with Crippen LogP contribution in [0.15, 0.2) is 12.2 Å². The van der Waals surface area contributed by atoms with Crippen molar-refractivity contribution in [2.24, 2.45) is 11.8 Å². The molecule has 0 bridgehead atoms. The third kappa shape index (κ3) is 1.67. The van der Waals surface area contributed by atoms with E-state index in [1.165, 1.54) is 0 Å². The summed E-state index contributed by atoms with van der Waals surface area (Å²) in [5.41, 5.74) is 0.246. The Morgan fingerprint density at radius 1 is 1.27 bits per heavy atom. The van der Waals surface area contributed by atoms with Gasteiger partial charge < -0.3 is 4.74 Å². The number of allylic oxidation sites excluding steroid dienone is 2. The predicted octanol–water partition coefficient (Wildman–Crippen LogP) is 1.97. The van der Waals surface area contributed by atoms with Gasteiger partial charge >= 0.3 is 11.9 Å². The molecule has 2 aliphatic rings. The van der Waals surface area contributed by atoms with Gasteiger partial charge in [-0.15, -0.1) is 0 Å². The lowest BCUT2D eigenvalue weighted by molar-refractivity contribution is -0.153. The van der Waals surface area contributed by atoms with Gasteiger partial charge in [-0.2, -0.15) is 0 Å². The van der Waals surface area contributed by atoms with E-state index in [0.29, 0.717) is 6.42 Å². The Morgan fingerprint density at radius 2 is 1.93 bits per heavy atom. The van der Waals surface area contributed by atoms with E-state index in [0.717, 1.165) is 0 Å². The molecular formula is C11H16O3Si. The van der Waals surface area contributed by atoms with Crippen molar-refractivity contribution in [3.05, 3.63) is 12.2 Å². The molecule has 1 aliphatic heterocycles. The summed E-state index contributed by atoms with van der Waals surface area (Å²) in [5.74, 6) is -1.03. The third-order valence-electron chi connectivity index (χ3n) is 3.33. The lowest BCUT2D eigenvalue weighted by atomic mass is 9.84. The van der Waals surface area contributed by atoms with E-state index in [4.69, 9.17) is 4.74 Å². The van der Waals surface area contributed by atoms with Gasteiger partial charge in [-0.1, -0.05) is 31.8 Å². The van der Waals surface area contributed by atoms with Gasteiger partial charge in [-0.05, 0) is 12.0 Å². The Kier molecular flexibility index (Phi) is 2.33. The summed E-state index contributed by atoms with van der Waals surface area (Å²) in [7, 11) is -1.45. The first-order chi connectivity index (χ1) is 6.91. The highest BCUT2D eigenvalue weighted by atomic mass is 28.3. The van der Waals surface area contributed by atoms with E-state index in [1.54, 1.807) is 0 Å². The zero-order valence-electron chi connectivity index (χ0n) is 9.32. The number of hydrogen-bond donors (Lipinski definition) is 0. The molecule has 1 saturated heterocycles. The Hall–Kier alpha value is -0.903. The van der Waals surface area contributed by atoms with Gasteiger partial charge in [-0.25, -0.2) is 0 Å². The summed E-state index contributed by atoms with van der Waals surface area (Å²) in [4.78, 5) is 23.1. The van der Waals surface area contributed by atoms with Crippen LogP contribution in [0.1, 0.15) is 6.42 Å². The largest absolute Gasteiger partial charge is 0.393 e. The minimum atomic E-state index is -1.45. The molecule has 0 aromatic rings. The van der Waals surface area contributed by atoms with Crippen LogP contribution in [-0.2, 0) is 14.3 Å². The molecule has 0 aromatic heterocycles. The maximum atomic E-state index is 11.6. The molecule has 3 atom stereocenters. The minimum absolute atomic E-state index is 0.200. The number of carbonyl (C=O) groups excluding carboxylic acids is 2. The van der Waals surface area contributed by atoms with Crippen LogP contribution in [0.5, 0.6) is 0 Å². The number of hydrogen-bond acceptors (Lipinski definition) is 3. The maximum absolute atomic E-state index is 11.6. The number of fused-ring (bicyclic) bond motifs is 1. The van der Waals surface area contributed by atoms with Crippen molar-refractivity contribution < 1.29 is 14.3 Å². The van der Waals surface area contributed by atoms with Crippen molar-refractivity contribution in [1.29, 1.82) is 0 Å².